The molecule has 0 aromatic heterocycles. The Bertz CT molecular complexity index is 505. The number of carbonyl (C=O) groups excluding carboxylic acids is 1. The first-order chi connectivity index (χ1) is 10.6. The average Bonchev–Trinajstić information content (AvgIpc) is 3.05. The van der Waals surface area contributed by atoms with Gasteiger partial charge in [-0.15, -0.1) is 12.4 Å². The molecule has 2 rings (SSSR count). The van der Waals surface area contributed by atoms with Crippen LogP contribution < -0.4 is 20.1 Å². The highest BCUT2D eigenvalue weighted by atomic mass is 35.5. The first kappa shape index (κ1) is 19.6. The maximum atomic E-state index is 12.1. The Morgan fingerprint density at radius 1 is 1.35 bits per heavy atom. The number of benzene rings is 1. The van der Waals surface area contributed by atoms with Crippen LogP contribution in [0.4, 0.5) is 0 Å². The molecule has 1 fully saturated rings. The second-order valence-corrected chi connectivity index (χ2v) is 5.80. The molecule has 2 atom stereocenters. The largest absolute Gasteiger partial charge is 0.493 e. The molecule has 0 spiro atoms. The topological polar surface area (TPSA) is 59.6 Å². The SMILES string of the molecule is COc1ccc(C(C)NC(=O)CCC2CCNC2)cc1OC.Cl. The third kappa shape index (κ3) is 5.59. The Morgan fingerprint density at radius 3 is 2.70 bits per heavy atom. The summed E-state index contributed by atoms with van der Waals surface area (Å²) < 4.78 is 10.5. The number of amides is 1. The second-order valence-electron chi connectivity index (χ2n) is 5.80. The minimum absolute atomic E-state index is 0. The average molecular weight is 343 g/mol. The van der Waals surface area contributed by atoms with Gasteiger partial charge in [-0.2, -0.15) is 0 Å². The Balaban J connectivity index is 0.00000264. The van der Waals surface area contributed by atoms with Crippen molar-refractivity contribution < 1.29 is 14.3 Å². The van der Waals surface area contributed by atoms with Crippen LogP contribution in [0.1, 0.15) is 37.8 Å². The number of rotatable bonds is 7. The van der Waals surface area contributed by atoms with E-state index in [4.69, 9.17) is 9.47 Å². The van der Waals surface area contributed by atoms with Crippen molar-refractivity contribution in [3.63, 3.8) is 0 Å². The molecular weight excluding hydrogens is 316 g/mol. The summed E-state index contributed by atoms with van der Waals surface area (Å²) in [5.74, 6) is 2.12. The highest BCUT2D eigenvalue weighted by molar-refractivity contribution is 5.85. The van der Waals surface area contributed by atoms with Gasteiger partial charge in [-0.05, 0) is 56.5 Å². The Labute approximate surface area is 144 Å². The molecule has 2 unspecified atom stereocenters. The van der Waals surface area contributed by atoms with Crippen LogP contribution in [-0.4, -0.2) is 33.2 Å². The molecule has 6 heteroatoms. The third-order valence-corrected chi connectivity index (χ3v) is 4.23. The predicted octanol–water partition coefficient (Wildman–Crippen LogP) is 2.69. The zero-order chi connectivity index (χ0) is 15.9. The molecule has 1 saturated heterocycles. The summed E-state index contributed by atoms with van der Waals surface area (Å²) in [6.07, 6.45) is 2.72. The van der Waals surface area contributed by atoms with Gasteiger partial charge in [0.1, 0.15) is 0 Å². The molecule has 0 saturated carbocycles. The molecule has 1 aliphatic heterocycles. The number of hydrogen-bond acceptors (Lipinski definition) is 4. The quantitative estimate of drug-likeness (QED) is 0.800. The van der Waals surface area contributed by atoms with E-state index in [0.29, 0.717) is 23.8 Å². The number of hydrogen-bond donors (Lipinski definition) is 2. The van der Waals surface area contributed by atoms with E-state index in [9.17, 15) is 4.79 Å². The number of nitrogens with one attached hydrogen (secondary N) is 2. The summed E-state index contributed by atoms with van der Waals surface area (Å²) in [5.41, 5.74) is 1.01. The van der Waals surface area contributed by atoms with Gasteiger partial charge in [0.15, 0.2) is 11.5 Å². The molecule has 0 aliphatic carbocycles. The number of methoxy groups -OCH3 is 2. The number of ether oxygens (including phenoxy) is 2. The van der Waals surface area contributed by atoms with Crippen molar-refractivity contribution in [1.82, 2.24) is 10.6 Å². The van der Waals surface area contributed by atoms with Crippen LogP contribution in [0.15, 0.2) is 18.2 Å². The fourth-order valence-corrected chi connectivity index (χ4v) is 2.82. The normalized spacial score (nSPS) is 18.0. The van der Waals surface area contributed by atoms with Crippen LogP contribution in [0.25, 0.3) is 0 Å². The second kappa shape index (κ2) is 9.63. The molecule has 0 radical (unpaired) electrons. The Morgan fingerprint density at radius 2 is 2.09 bits per heavy atom. The smallest absolute Gasteiger partial charge is 0.220 e. The van der Waals surface area contributed by atoms with E-state index in [-0.39, 0.29) is 24.4 Å². The van der Waals surface area contributed by atoms with Crippen molar-refractivity contribution >= 4 is 18.3 Å². The minimum Gasteiger partial charge on any atom is -0.493 e. The summed E-state index contributed by atoms with van der Waals surface area (Å²) >= 11 is 0. The summed E-state index contributed by atoms with van der Waals surface area (Å²) in [6, 6.07) is 5.67. The molecule has 1 aromatic carbocycles. The van der Waals surface area contributed by atoms with Gasteiger partial charge in [0.2, 0.25) is 5.91 Å². The van der Waals surface area contributed by atoms with E-state index >= 15 is 0 Å². The van der Waals surface area contributed by atoms with Crippen LogP contribution in [0, 0.1) is 5.92 Å². The van der Waals surface area contributed by atoms with Gasteiger partial charge in [0.05, 0.1) is 20.3 Å². The highest BCUT2D eigenvalue weighted by Gasteiger charge is 2.17. The molecule has 23 heavy (non-hydrogen) atoms. The van der Waals surface area contributed by atoms with Gasteiger partial charge in [0, 0.05) is 6.42 Å². The van der Waals surface area contributed by atoms with Gasteiger partial charge in [-0.3, -0.25) is 4.79 Å². The van der Waals surface area contributed by atoms with Crippen molar-refractivity contribution in [3.05, 3.63) is 23.8 Å². The summed E-state index contributed by atoms with van der Waals surface area (Å²) in [6.45, 7) is 4.10. The fraction of sp³-hybridized carbons (Fsp3) is 0.588. The summed E-state index contributed by atoms with van der Waals surface area (Å²) in [7, 11) is 3.22. The number of halogens is 1. The maximum Gasteiger partial charge on any atom is 0.220 e. The van der Waals surface area contributed by atoms with E-state index in [1.807, 2.05) is 25.1 Å². The van der Waals surface area contributed by atoms with Crippen LogP contribution >= 0.6 is 12.4 Å². The summed E-state index contributed by atoms with van der Waals surface area (Å²) in [5, 5.41) is 6.38. The van der Waals surface area contributed by atoms with E-state index < -0.39 is 0 Å². The van der Waals surface area contributed by atoms with Gasteiger partial charge >= 0.3 is 0 Å². The van der Waals surface area contributed by atoms with Crippen molar-refractivity contribution in [2.24, 2.45) is 5.92 Å². The molecule has 0 bridgehead atoms. The molecule has 1 aromatic rings. The highest BCUT2D eigenvalue weighted by Crippen LogP contribution is 2.29. The lowest BCUT2D eigenvalue weighted by Gasteiger charge is -2.17. The lowest BCUT2D eigenvalue weighted by atomic mass is 10.0. The Kier molecular flexibility index (Phi) is 8.20. The van der Waals surface area contributed by atoms with Crippen molar-refractivity contribution in [1.29, 1.82) is 0 Å². The molecule has 2 N–H and O–H groups in total. The zero-order valence-corrected chi connectivity index (χ0v) is 14.9. The van der Waals surface area contributed by atoms with Crippen LogP contribution in [0.2, 0.25) is 0 Å². The standard InChI is InChI=1S/C17H26N2O3.ClH/c1-12(14-5-6-15(21-2)16(10-14)22-3)19-17(20)7-4-13-8-9-18-11-13;/h5-6,10,12-13,18H,4,7-9,11H2,1-3H3,(H,19,20);1H. The lowest BCUT2D eigenvalue weighted by Crippen LogP contribution is -2.27. The number of carbonyl (C=O) groups is 1. The third-order valence-electron chi connectivity index (χ3n) is 4.23. The summed E-state index contributed by atoms with van der Waals surface area (Å²) in [4.78, 5) is 12.1. The van der Waals surface area contributed by atoms with E-state index in [2.05, 4.69) is 10.6 Å². The van der Waals surface area contributed by atoms with Crippen LogP contribution in [0.5, 0.6) is 11.5 Å². The van der Waals surface area contributed by atoms with Crippen molar-refractivity contribution in [2.45, 2.75) is 32.2 Å². The molecule has 1 heterocycles. The predicted molar refractivity (Wildman–Crippen MR) is 93.6 cm³/mol. The van der Waals surface area contributed by atoms with Gasteiger partial charge in [0.25, 0.3) is 0 Å². The fourth-order valence-electron chi connectivity index (χ4n) is 2.82. The Hall–Kier alpha value is -1.46. The van der Waals surface area contributed by atoms with Crippen molar-refractivity contribution in [2.75, 3.05) is 27.3 Å². The lowest BCUT2D eigenvalue weighted by molar-refractivity contribution is -0.122. The monoisotopic (exact) mass is 342 g/mol. The first-order valence-electron chi connectivity index (χ1n) is 7.86. The molecular formula is C17H27ClN2O3. The van der Waals surface area contributed by atoms with Crippen molar-refractivity contribution in [3.8, 4) is 11.5 Å². The van der Waals surface area contributed by atoms with Crippen LogP contribution in [0.3, 0.4) is 0 Å². The molecule has 1 amide bonds. The van der Waals surface area contributed by atoms with E-state index in [0.717, 1.165) is 25.1 Å². The van der Waals surface area contributed by atoms with Gasteiger partial charge in [-0.25, -0.2) is 0 Å². The molecule has 1 aliphatic rings. The molecule has 5 nitrogen and oxygen atoms in total. The van der Waals surface area contributed by atoms with Gasteiger partial charge < -0.3 is 20.1 Å². The first-order valence-corrected chi connectivity index (χ1v) is 7.86. The molecule has 130 valence electrons. The zero-order valence-electron chi connectivity index (χ0n) is 14.1. The minimum atomic E-state index is -0.0472. The van der Waals surface area contributed by atoms with E-state index in [1.54, 1.807) is 14.2 Å². The maximum absolute atomic E-state index is 12.1. The van der Waals surface area contributed by atoms with Gasteiger partial charge in [-0.1, -0.05) is 6.07 Å². The van der Waals surface area contributed by atoms with Crippen LogP contribution in [-0.2, 0) is 4.79 Å². The van der Waals surface area contributed by atoms with E-state index in [1.165, 1.54) is 6.42 Å².